The van der Waals surface area contributed by atoms with Crippen LogP contribution in [-0.2, 0) is 9.53 Å². The molecule has 0 saturated heterocycles. The quantitative estimate of drug-likeness (QED) is 0.582. The molecule has 0 fully saturated rings. The van der Waals surface area contributed by atoms with E-state index in [2.05, 4.69) is 4.74 Å². The summed E-state index contributed by atoms with van der Waals surface area (Å²) in [4.78, 5) is 21.3. The lowest BCUT2D eigenvalue weighted by atomic mass is 10.0. The van der Waals surface area contributed by atoms with Crippen molar-refractivity contribution in [1.29, 1.82) is 0 Å². The highest BCUT2D eigenvalue weighted by atomic mass is 19.1. The number of hydrogen-bond donors (Lipinski definition) is 2. The second-order valence-electron chi connectivity index (χ2n) is 3.31. The monoisotopic (exact) mass is 242 g/mol. The van der Waals surface area contributed by atoms with Crippen molar-refractivity contribution in [1.82, 2.24) is 0 Å². The number of esters is 1. The summed E-state index contributed by atoms with van der Waals surface area (Å²) in [6.45, 7) is 0. The Morgan fingerprint density at radius 3 is 2.59 bits per heavy atom. The first kappa shape index (κ1) is 13.3. The first-order chi connectivity index (χ1) is 8.01. The van der Waals surface area contributed by atoms with Gasteiger partial charge in [-0.1, -0.05) is 6.07 Å². The minimum atomic E-state index is -1.80. The van der Waals surface area contributed by atoms with Crippen molar-refractivity contribution in [2.75, 3.05) is 7.11 Å². The maximum absolute atomic E-state index is 13.2. The standard InChI is InChI=1S/C11H11FO5/c1-17-11(16)10(15)9(14)6-2-3-7(5-13)8(12)4-6/h2-5,9-10,14-15H,1H3. The van der Waals surface area contributed by atoms with E-state index in [0.29, 0.717) is 6.29 Å². The number of halogens is 1. The topological polar surface area (TPSA) is 83.8 Å². The molecule has 0 aromatic heterocycles. The maximum atomic E-state index is 13.2. The van der Waals surface area contributed by atoms with E-state index in [-0.39, 0.29) is 11.1 Å². The lowest BCUT2D eigenvalue weighted by Gasteiger charge is -2.16. The number of carbonyl (C=O) groups is 2. The number of hydrogen-bond acceptors (Lipinski definition) is 5. The van der Waals surface area contributed by atoms with Crippen LogP contribution in [0.5, 0.6) is 0 Å². The molecule has 2 unspecified atom stereocenters. The summed E-state index contributed by atoms with van der Waals surface area (Å²) < 4.78 is 17.4. The highest BCUT2D eigenvalue weighted by molar-refractivity contribution is 5.76. The highest BCUT2D eigenvalue weighted by Crippen LogP contribution is 2.20. The molecule has 1 aromatic rings. The first-order valence-corrected chi connectivity index (χ1v) is 4.69. The van der Waals surface area contributed by atoms with E-state index in [1.807, 2.05) is 0 Å². The summed E-state index contributed by atoms with van der Waals surface area (Å²) in [7, 11) is 1.05. The minimum Gasteiger partial charge on any atom is -0.467 e. The second-order valence-corrected chi connectivity index (χ2v) is 3.31. The average molecular weight is 242 g/mol. The number of benzene rings is 1. The molecule has 2 N–H and O–H groups in total. The number of aliphatic hydroxyl groups is 2. The molecule has 0 aliphatic heterocycles. The number of ether oxygens (including phenoxy) is 1. The smallest absolute Gasteiger partial charge is 0.337 e. The molecule has 2 atom stereocenters. The van der Waals surface area contributed by atoms with Crippen LogP contribution in [0.15, 0.2) is 18.2 Å². The van der Waals surface area contributed by atoms with Gasteiger partial charge in [0.1, 0.15) is 11.9 Å². The van der Waals surface area contributed by atoms with E-state index in [9.17, 15) is 24.2 Å². The Morgan fingerprint density at radius 1 is 1.47 bits per heavy atom. The van der Waals surface area contributed by atoms with Gasteiger partial charge >= 0.3 is 5.97 Å². The summed E-state index contributed by atoms with van der Waals surface area (Å²) in [6, 6.07) is 3.26. The molecule has 0 bridgehead atoms. The number of methoxy groups -OCH3 is 1. The molecule has 92 valence electrons. The summed E-state index contributed by atoms with van der Waals surface area (Å²) in [5.74, 6) is -1.87. The molecule has 17 heavy (non-hydrogen) atoms. The van der Waals surface area contributed by atoms with Gasteiger partial charge in [0.15, 0.2) is 12.4 Å². The zero-order valence-corrected chi connectivity index (χ0v) is 8.96. The normalized spacial score (nSPS) is 13.9. The Kier molecular flexibility index (Phi) is 4.30. The third-order valence-corrected chi connectivity index (χ3v) is 2.23. The Bertz CT molecular complexity index is 432. The van der Waals surface area contributed by atoms with Gasteiger partial charge in [-0.25, -0.2) is 9.18 Å². The summed E-state index contributed by atoms with van der Waals surface area (Å²) in [5, 5.41) is 18.9. The van der Waals surface area contributed by atoms with Gasteiger partial charge in [-0.3, -0.25) is 4.79 Å². The number of carbonyl (C=O) groups excluding carboxylic acids is 2. The number of rotatable bonds is 4. The zero-order valence-electron chi connectivity index (χ0n) is 8.96. The van der Waals surface area contributed by atoms with Crippen LogP contribution >= 0.6 is 0 Å². The van der Waals surface area contributed by atoms with Crippen molar-refractivity contribution in [3.63, 3.8) is 0 Å². The molecule has 0 aliphatic rings. The van der Waals surface area contributed by atoms with Gasteiger partial charge in [-0.05, 0) is 17.7 Å². The van der Waals surface area contributed by atoms with Crippen molar-refractivity contribution in [3.05, 3.63) is 35.1 Å². The van der Waals surface area contributed by atoms with Crippen molar-refractivity contribution in [3.8, 4) is 0 Å². The van der Waals surface area contributed by atoms with Gasteiger partial charge in [0.05, 0.1) is 12.7 Å². The second kappa shape index (κ2) is 5.51. The summed E-state index contributed by atoms with van der Waals surface area (Å²) >= 11 is 0. The van der Waals surface area contributed by atoms with Crippen LogP contribution in [0.1, 0.15) is 22.0 Å². The van der Waals surface area contributed by atoms with E-state index >= 15 is 0 Å². The Labute approximate surface area is 96.4 Å². The molecule has 0 radical (unpaired) electrons. The van der Waals surface area contributed by atoms with Gasteiger partial charge in [0.2, 0.25) is 0 Å². The number of aliphatic hydroxyl groups excluding tert-OH is 2. The predicted molar refractivity (Wildman–Crippen MR) is 54.8 cm³/mol. The zero-order chi connectivity index (χ0) is 13.0. The van der Waals surface area contributed by atoms with E-state index in [1.165, 1.54) is 6.07 Å². The Morgan fingerprint density at radius 2 is 2.12 bits per heavy atom. The molecule has 1 rings (SSSR count). The van der Waals surface area contributed by atoms with Crippen molar-refractivity contribution < 1.29 is 28.9 Å². The van der Waals surface area contributed by atoms with E-state index in [4.69, 9.17) is 0 Å². The van der Waals surface area contributed by atoms with E-state index in [1.54, 1.807) is 0 Å². The van der Waals surface area contributed by atoms with Gasteiger partial charge in [-0.2, -0.15) is 0 Å². The maximum Gasteiger partial charge on any atom is 0.337 e. The lowest BCUT2D eigenvalue weighted by molar-refractivity contribution is -0.156. The number of aldehydes is 1. The molecule has 5 nitrogen and oxygen atoms in total. The van der Waals surface area contributed by atoms with E-state index < -0.39 is 24.0 Å². The van der Waals surface area contributed by atoms with Crippen LogP contribution in [0.2, 0.25) is 0 Å². The van der Waals surface area contributed by atoms with E-state index in [0.717, 1.165) is 19.2 Å². The fourth-order valence-corrected chi connectivity index (χ4v) is 1.25. The summed E-state index contributed by atoms with van der Waals surface area (Å²) in [5.41, 5.74) is -0.195. The molecule has 0 saturated carbocycles. The van der Waals surface area contributed by atoms with Crippen molar-refractivity contribution >= 4 is 12.3 Å². The molecular formula is C11H11FO5. The third-order valence-electron chi connectivity index (χ3n) is 2.23. The van der Waals surface area contributed by atoms with Crippen LogP contribution in [0.4, 0.5) is 4.39 Å². The lowest BCUT2D eigenvalue weighted by Crippen LogP contribution is -2.29. The van der Waals surface area contributed by atoms with Gasteiger partial charge < -0.3 is 14.9 Å². The summed E-state index contributed by atoms with van der Waals surface area (Å²) in [6.07, 6.45) is -3.10. The van der Waals surface area contributed by atoms with Crippen LogP contribution in [-0.4, -0.2) is 35.7 Å². The Balaban J connectivity index is 2.96. The Hall–Kier alpha value is -1.79. The SMILES string of the molecule is COC(=O)C(O)C(O)c1ccc(C=O)c(F)c1. The fourth-order valence-electron chi connectivity index (χ4n) is 1.25. The van der Waals surface area contributed by atoms with Gasteiger partial charge in [0, 0.05) is 0 Å². The molecule has 0 heterocycles. The molecule has 0 aliphatic carbocycles. The fraction of sp³-hybridized carbons (Fsp3) is 0.273. The van der Waals surface area contributed by atoms with Crippen LogP contribution < -0.4 is 0 Å². The van der Waals surface area contributed by atoms with Crippen molar-refractivity contribution in [2.45, 2.75) is 12.2 Å². The minimum absolute atomic E-state index is 0.0222. The van der Waals surface area contributed by atoms with Gasteiger partial charge in [-0.15, -0.1) is 0 Å². The average Bonchev–Trinajstić information content (AvgIpc) is 2.35. The van der Waals surface area contributed by atoms with Gasteiger partial charge in [0.25, 0.3) is 0 Å². The molecule has 0 spiro atoms. The molecular weight excluding hydrogens is 231 g/mol. The first-order valence-electron chi connectivity index (χ1n) is 4.69. The predicted octanol–water partition coefficient (Wildman–Crippen LogP) is 0.206. The third kappa shape index (κ3) is 2.86. The highest BCUT2D eigenvalue weighted by Gasteiger charge is 2.26. The van der Waals surface area contributed by atoms with Crippen LogP contribution in [0.3, 0.4) is 0 Å². The largest absolute Gasteiger partial charge is 0.467 e. The van der Waals surface area contributed by atoms with Crippen molar-refractivity contribution in [2.24, 2.45) is 0 Å². The van der Waals surface area contributed by atoms with Crippen LogP contribution in [0, 0.1) is 5.82 Å². The van der Waals surface area contributed by atoms with Crippen LogP contribution in [0.25, 0.3) is 0 Å². The molecule has 1 aromatic carbocycles. The molecule has 6 heteroatoms. The molecule has 0 amide bonds.